The van der Waals surface area contributed by atoms with Crippen molar-refractivity contribution in [3.8, 4) is 0 Å². The van der Waals surface area contributed by atoms with Crippen molar-refractivity contribution in [2.75, 3.05) is 0 Å². The Morgan fingerprint density at radius 1 is 0.643 bits per heavy atom. The molecule has 0 heterocycles. The maximum Gasteiger partial charge on any atom is 4.00 e. The van der Waals surface area contributed by atoms with E-state index in [1.807, 2.05) is 0 Å². The Kier molecular flexibility index (Phi) is 13.3. The van der Waals surface area contributed by atoms with Crippen molar-refractivity contribution in [3.63, 3.8) is 0 Å². The Balaban J connectivity index is 0. The van der Waals surface area contributed by atoms with Gasteiger partial charge in [-0.05, 0) is 27.7 Å². The predicted molar refractivity (Wildman–Crippen MR) is 108 cm³/mol. The van der Waals surface area contributed by atoms with E-state index in [2.05, 4.69) is 84.0 Å². The maximum absolute atomic E-state index is 3.74. The van der Waals surface area contributed by atoms with Crippen LogP contribution in [0.2, 0.25) is 0 Å². The fraction of sp³-hybridized carbons (Fsp3) is 0.304. The fourth-order valence-electron chi connectivity index (χ4n) is 3.93. The topological polar surface area (TPSA) is 0 Å². The Morgan fingerprint density at radius 2 is 1.00 bits per heavy atom. The van der Waals surface area contributed by atoms with Gasteiger partial charge in [-0.3, -0.25) is 6.08 Å². The fourth-order valence-corrected chi connectivity index (χ4v) is 7.71. The molecule has 3 rings (SSSR count). The molecule has 0 saturated carbocycles. The summed E-state index contributed by atoms with van der Waals surface area (Å²) in [4.78, 5) is 0. The van der Waals surface area contributed by atoms with E-state index < -0.39 is 8.80 Å². The van der Waals surface area contributed by atoms with Crippen molar-refractivity contribution in [1.29, 1.82) is 0 Å². The quantitative estimate of drug-likeness (QED) is 0.303. The summed E-state index contributed by atoms with van der Waals surface area (Å²) in [7, 11) is -1.43. The Morgan fingerprint density at radius 3 is 1.29 bits per heavy atom. The second kappa shape index (κ2) is 12.4. The molecule has 0 N–H and O–H groups in total. The first-order chi connectivity index (χ1) is 11.3. The Bertz CT molecular complexity index is 780. The second-order valence-electron chi connectivity index (χ2n) is 7.51. The van der Waals surface area contributed by atoms with E-state index in [0.717, 1.165) is 6.42 Å². The van der Waals surface area contributed by atoms with Gasteiger partial charge in [0, 0.05) is 0 Å². The van der Waals surface area contributed by atoms with Crippen LogP contribution in [-0.2, 0) is 21.7 Å². The molecule has 28 heavy (non-hydrogen) atoms. The van der Waals surface area contributed by atoms with Crippen molar-refractivity contribution in [1.82, 2.24) is 0 Å². The van der Waals surface area contributed by atoms with Crippen molar-refractivity contribution >= 4 is 19.2 Å². The predicted octanol–water partition coefficient (Wildman–Crippen LogP) is -4.72. The third-order valence-electron chi connectivity index (χ3n) is 4.95. The molecule has 2 aromatic carbocycles. The number of rotatable bonds is 3. The normalized spacial score (nSPS) is 12.5. The first-order valence-corrected chi connectivity index (χ1v) is 10.5. The zero-order valence-corrected chi connectivity index (χ0v) is 22.4. The van der Waals surface area contributed by atoms with Gasteiger partial charge < -0.3 is 37.2 Å². The zero-order chi connectivity index (χ0) is 17.4. The van der Waals surface area contributed by atoms with Gasteiger partial charge in [-0.25, -0.2) is 11.1 Å². The summed E-state index contributed by atoms with van der Waals surface area (Å²) >= 11 is 0. The third kappa shape index (κ3) is 6.90. The number of hydrogen-bond acceptors (Lipinski definition) is 0. The standard InChI is InChI=1S/C23H27Si.3ClH.Ti/c1-15-7-16(2)10-21(9-15)24(23-13-19(5)20(6)14-23)22-11-17(3)8-18(4)12-22;;;;/h7-12,24H,13H2,1-6H3;3*1H;/q-1;;;;+4/p-3. The van der Waals surface area contributed by atoms with Crippen LogP contribution in [0, 0.1) is 33.8 Å². The average Bonchev–Trinajstić information content (AvgIpc) is 2.76. The molecule has 0 bridgehead atoms. The monoisotopic (exact) mass is 484 g/mol. The molecule has 148 valence electrons. The van der Waals surface area contributed by atoms with E-state index in [9.17, 15) is 0 Å². The molecule has 1 aliphatic rings. The number of allylic oxidation sites excluding steroid dienone is 4. The SMILES string of the molecule is CC1=C(C)CC([SiH](c2cc(C)cc(C)c2)c2cc(C)cc(C)c2)=[C-]1.[Cl-].[Cl-].[Cl-].[Ti+4]. The van der Waals surface area contributed by atoms with Crippen LogP contribution in [0.1, 0.15) is 42.5 Å². The van der Waals surface area contributed by atoms with Gasteiger partial charge in [-0.2, -0.15) is 5.20 Å². The molecule has 1 aliphatic carbocycles. The number of aryl methyl sites for hydroxylation is 4. The molecule has 0 radical (unpaired) electrons. The minimum atomic E-state index is -1.43. The first-order valence-electron chi connectivity index (χ1n) is 8.79. The van der Waals surface area contributed by atoms with Gasteiger partial charge in [-0.15, -0.1) is 6.92 Å². The summed E-state index contributed by atoms with van der Waals surface area (Å²) in [5, 5.41) is 4.60. The van der Waals surface area contributed by atoms with E-state index in [1.54, 1.807) is 5.20 Å². The summed E-state index contributed by atoms with van der Waals surface area (Å²) in [6.45, 7) is 13.3. The van der Waals surface area contributed by atoms with E-state index in [4.69, 9.17) is 0 Å². The van der Waals surface area contributed by atoms with E-state index in [0.29, 0.717) is 0 Å². The van der Waals surface area contributed by atoms with E-state index >= 15 is 0 Å². The van der Waals surface area contributed by atoms with Crippen molar-refractivity contribution < 1.29 is 58.9 Å². The van der Waals surface area contributed by atoms with Crippen molar-refractivity contribution in [2.24, 2.45) is 0 Å². The molecule has 0 atom stereocenters. The third-order valence-corrected chi connectivity index (χ3v) is 7.99. The maximum atomic E-state index is 3.74. The number of benzene rings is 2. The molecule has 5 heteroatoms. The van der Waals surface area contributed by atoms with Gasteiger partial charge in [0.25, 0.3) is 0 Å². The van der Waals surface area contributed by atoms with Gasteiger partial charge in [0.15, 0.2) is 0 Å². The molecular formula is C23H27Cl3SiTi. The van der Waals surface area contributed by atoms with Crippen LogP contribution in [0.3, 0.4) is 0 Å². The van der Waals surface area contributed by atoms with Crippen LogP contribution in [-0.4, -0.2) is 8.80 Å². The Hall–Kier alpha value is -0.279. The van der Waals surface area contributed by atoms with E-state index in [-0.39, 0.29) is 58.9 Å². The van der Waals surface area contributed by atoms with Crippen molar-refractivity contribution in [3.05, 3.63) is 81.1 Å². The molecule has 0 unspecified atom stereocenters. The molecule has 0 spiro atoms. The molecule has 0 fully saturated rings. The van der Waals surface area contributed by atoms with E-state index in [1.165, 1.54) is 43.8 Å². The summed E-state index contributed by atoms with van der Waals surface area (Å²) in [5.41, 5.74) is 8.30. The van der Waals surface area contributed by atoms with Crippen LogP contribution in [0.4, 0.5) is 0 Å². The molecule has 0 aliphatic heterocycles. The zero-order valence-electron chi connectivity index (χ0n) is 17.4. The first kappa shape index (κ1) is 29.9. The second-order valence-corrected chi connectivity index (χ2v) is 10.4. The Labute approximate surface area is 206 Å². The van der Waals surface area contributed by atoms with Gasteiger partial charge >= 0.3 is 21.7 Å². The average molecular weight is 486 g/mol. The minimum absolute atomic E-state index is 0. The van der Waals surface area contributed by atoms with Gasteiger partial charge in [0.05, 0.1) is 0 Å². The van der Waals surface area contributed by atoms with Gasteiger partial charge in [-0.1, -0.05) is 82.4 Å². The van der Waals surface area contributed by atoms with Gasteiger partial charge in [0.1, 0.15) is 8.80 Å². The molecule has 0 amide bonds. The smallest absolute Gasteiger partial charge is 1.00 e. The molecule has 0 nitrogen and oxygen atoms in total. The molecule has 0 saturated heterocycles. The van der Waals surface area contributed by atoms with Gasteiger partial charge in [0.2, 0.25) is 0 Å². The summed E-state index contributed by atoms with van der Waals surface area (Å²) in [6, 6.07) is 14.2. The molecule has 0 aromatic heterocycles. The van der Waals surface area contributed by atoms with Crippen LogP contribution >= 0.6 is 0 Å². The van der Waals surface area contributed by atoms with Crippen LogP contribution < -0.4 is 47.6 Å². The van der Waals surface area contributed by atoms with Crippen LogP contribution in [0.15, 0.2) is 52.7 Å². The summed E-state index contributed by atoms with van der Waals surface area (Å²) in [5.74, 6) is 0. The van der Waals surface area contributed by atoms with Crippen LogP contribution in [0.5, 0.6) is 0 Å². The molecule has 2 aromatic rings. The van der Waals surface area contributed by atoms with Crippen molar-refractivity contribution in [2.45, 2.75) is 48.0 Å². The molecular weight excluding hydrogens is 459 g/mol. The minimum Gasteiger partial charge on any atom is -1.00 e. The largest absolute Gasteiger partial charge is 4.00 e. The number of hydrogen-bond donors (Lipinski definition) is 0. The van der Waals surface area contributed by atoms with Crippen LogP contribution in [0.25, 0.3) is 0 Å². The summed E-state index contributed by atoms with van der Waals surface area (Å²) in [6.07, 6.45) is 4.84. The number of halogens is 3. The summed E-state index contributed by atoms with van der Waals surface area (Å²) < 4.78 is 0.